The third kappa shape index (κ3) is 7.98. The monoisotopic (exact) mass is 1020 g/mol. The summed E-state index contributed by atoms with van der Waals surface area (Å²) >= 11 is 0. The molecule has 0 aliphatic carbocycles. The Morgan fingerprint density at radius 1 is 0.609 bits per heavy atom. The molecule has 7 heteroatoms. The number of nitrogens with zero attached hydrogens (tertiary/aromatic N) is 4. The Balaban J connectivity index is 0.000000244. The zero-order valence-corrected chi connectivity index (χ0v) is 38.0. The molecule has 4 heterocycles. The molecule has 317 valence electrons. The van der Waals surface area contributed by atoms with Crippen LogP contribution < -0.4 is 0 Å². The van der Waals surface area contributed by atoms with Gasteiger partial charge in [-0.05, 0) is 94.7 Å². The number of fused-ring (bicyclic) bond motifs is 5. The summed E-state index contributed by atoms with van der Waals surface area (Å²) < 4.78 is 58.9. The van der Waals surface area contributed by atoms with Crippen molar-refractivity contribution in [3.8, 4) is 50.9 Å². The second-order valence-electron chi connectivity index (χ2n) is 16.3. The number of oxazole rings is 1. The van der Waals surface area contributed by atoms with Crippen LogP contribution in [0.15, 0.2) is 167 Å². The first-order chi connectivity index (χ1) is 33.1. The van der Waals surface area contributed by atoms with E-state index < -0.39 is 13.7 Å². The van der Waals surface area contributed by atoms with Gasteiger partial charge in [-0.2, -0.15) is 0 Å². The molecule has 0 unspecified atom stereocenters. The summed E-state index contributed by atoms with van der Waals surface area (Å²) in [6, 6.07) is 55.8. The Morgan fingerprint density at radius 2 is 1.31 bits per heavy atom. The molecule has 0 atom stereocenters. The van der Waals surface area contributed by atoms with Gasteiger partial charge in [-0.15, -0.1) is 53.6 Å². The number of benzene rings is 7. The number of aryl methyl sites for hydroxylation is 2. The van der Waals surface area contributed by atoms with Gasteiger partial charge in [0.1, 0.15) is 11.1 Å². The van der Waals surface area contributed by atoms with E-state index in [4.69, 9.17) is 27.0 Å². The van der Waals surface area contributed by atoms with Crippen molar-refractivity contribution in [3.05, 3.63) is 192 Å². The van der Waals surface area contributed by atoms with Crippen LogP contribution in [0.4, 0.5) is 0 Å². The molecule has 7 aromatic carbocycles. The first-order valence-corrected chi connectivity index (χ1v) is 21.1. The molecule has 0 N–H and O–H groups in total. The van der Waals surface area contributed by atoms with Crippen molar-refractivity contribution >= 4 is 44.1 Å². The van der Waals surface area contributed by atoms with Gasteiger partial charge in [0.2, 0.25) is 5.89 Å². The molecule has 64 heavy (non-hydrogen) atoms. The third-order valence-corrected chi connectivity index (χ3v) is 11.3. The topological polar surface area (TPSA) is 69.9 Å². The van der Waals surface area contributed by atoms with E-state index in [9.17, 15) is 0 Å². The average molecular weight is 1020 g/mol. The maximum Gasteiger partial charge on any atom is 0.227 e. The maximum absolute atomic E-state index is 7.28. The van der Waals surface area contributed by atoms with E-state index in [0.717, 1.165) is 55.4 Å². The van der Waals surface area contributed by atoms with Crippen LogP contribution in [0.2, 0.25) is 0 Å². The van der Waals surface area contributed by atoms with Gasteiger partial charge in [-0.25, -0.2) is 4.98 Å². The fourth-order valence-corrected chi connectivity index (χ4v) is 8.21. The Morgan fingerprint density at radius 3 is 1.98 bits per heavy atom. The standard InChI is InChI=1S/C44H34N3O2.C13H12N.Ir/c1-26(2)33-22-30(28-14-7-5-8-15-28)23-34(27(3)4)41(33)47-38-21-12-11-20-36(38)45-43(47)32-19-13-18-31-35-24-37-40(25-39(35)48-42(31)32)49-44(46-37)29-16-9-6-10-17-29;1-10-3-6-12(7-4-10)13-8-5-11(2)9-14-13;/h5-18,20-27H,1-4H3;3-6,8-9H,1-2H3;/q2*-1;/i;1D3,2D3;. The summed E-state index contributed by atoms with van der Waals surface area (Å²) in [6.45, 7) is 4.75. The van der Waals surface area contributed by atoms with Crippen LogP contribution in [0.5, 0.6) is 0 Å². The molecule has 0 aliphatic heterocycles. The van der Waals surface area contributed by atoms with E-state index in [1.807, 2.05) is 48.5 Å². The molecule has 0 saturated carbocycles. The number of hydrogen-bond acceptors (Lipinski definition) is 5. The Bertz CT molecular complexity index is 3550. The zero-order valence-electron chi connectivity index (χ0n) is 41.6. The molecular weight excluding hydrogens is 965 g/mol. The van der Waals surface area contributed by atoms with Gasteiger partial charge in [0.25, 0.3) is 0 Å². The van der Waals surface area contributed by atoms with E-state index in [0.29, 0.717) is 22.7 Å². The summed E-state index contributed by atoms with van der Waals surface area (Å²) in [5.74, 6) is 1.92. The number of para-hydroxylation sites is 2. The van der Waals surface area contributed by atoms with Crippen molar-refractivity contribution in [2.75, 3.05) is 0 Å². The van der Waals surface area contributed by atoms with Gasteiger partial charge >= 0.3 is 0 Å². The van der Waals surface area contributed by atoms with E-state index in [1.54, 1.807) is 12.1 Å². The normalized spacial score (nSPS) is 13.2. The van der Waals surface area contributed by atoms with Crippen molar-refractivity contribution in [3.63, 3.8) is 0 Å². The SMILES string of the molecule is CC(C)c1cc(-c2ccccc2)cc(C(C)C)c1-n1c(-c2[c-]ccc3c2oc2cc4oc(-c5ccccc5)nc4cc23)nc2ccccc21.[2H]C([2H])([2H])c1c[c-]c(-c2ccc(C([2H])([2H])[2H])cn2)cc1.[Ir]. The third-order valence-electron chi connectivity index (χ3n) is 11.3. The smallest absolute Gasteiger partial charge is 0.227 e. The van der Waals surface area contributed by atoms with E-state index >= 15 is 0 Å². The van der Waals surface area contributed by atoms with E-state index in [2.05, 4.69) is 122 Å². The summed E-state index contributed by atoms with van der Waals surface area (Å²) in [5, 5.41) is 1.97. The molecule has 4 aromatic heterocycles. The van der Waals surface area contributed by atoms with Crippen molar-refractivity contribution in [1.82, 2.24) is 19.5 Å². The van der Waals surface area contributed by atoms with Gasteiger partial charge in [-0.3, -0.25) is 4.98 Å². The molecule has 0 aliphatic rings. The number of imidazole rings is 1. The maximum atomic E-state index is 7.28. The largest absolute Gasteiger partial charge is 0.500 e. The molecule has 6 nitrogen and oxygen atoms in total. The van der Waals surface area contributed by atoms with E-state index in [1.165, 1.54) is 52.3 Å². The van der Waals surface area contributed by atoms with Gasteiger partial charge in [0, 0.05) is 57.2 Å². The quantitative estimate of drug-likeness (QED) is 0.149. The molecule has 0 fully saturated rings. The fraction of sp³-hybridized carbons (Fsp3) is 0.140. The van der Waals surface area contributed by atoms with Gasteiger partial charge in [-0.1, -0.05) is 118 Å². The van der Waals surface area contributed by atoms with Crippen LogP contribution >= 0.6 is 0 Å². The number of hydrogen-bond donors (Lipinski definition) is 0. The predicted molar refractivity (Wildman–Crippen MR) is 257 cm³/mol. The number of aromatic nitrogens is 4. The second-order valence-corrected chi connectivity index (χ2v) is 16.3. The molecule has 11 rings (SSSR count). The molecule has 0 amide bonds. The van der Waals surface area contributed by atoms with Gasteiger partial charge in [0.15, 0.2) is 5.58 Å². The predicted octanol–water partition coefficient (Wildman–Crippen LogP) is 15.3. The molecule has 11 aromatic rings. The van der Waals surface area contributed by atoms with Crippen molar-refractivity contribution < 1.29 is 37.2 Å². The van der Waals surface area contributed by atoms with Crippen LogP contribution in [-0.2, 0) is 20.1 Å². The fourth-order valence-electron chi connectivity index (χ4n) is 8.21. The van der Waals surface area contributed by atoms with Crippen LogP contribution in [0.25, 0.3) is 95.0 Å². The number of furan rings is 1. The first kappa shape index (κ1) is 35.5. The minimum Gasteiger partial charge on any atom is -0.500 e. The van der Waals surface area contributed by atoms with E-state index in [-0.39, 0.29) is 43.1 Å². The summed E-state index contributed by atoms with van der Waals surface area (Å²) in [4.78, 5) is 14.2. The number of pyridine rings is 1. The van der Waals surface area contributed by atoms with Gasteiger partial charge in [0.05, 0.1) is 22.4 Å². The van der Waals surface area contributed by atoms with Crippen LogP contribution in [0.1, 0.15) is 70.0 Å². The molecule has 0 saturated heterocycles. The second kappa shape index (κ2) is 17.7. The Labute approximate surface area is 395 Å². The minimum atomic E-state index is -2.18. The Hall–Kier alpha value is -6.92. The Kier molecular flexibility index (Phi) is 9.82. The molecule has 1 radical (unpaired) electrons. The summed E-state index contributed by atoms with van der Waals surface area (Å²) in [7, 11) is 0. The van der Waals surface area contributed by atoms with Crippen LogP contribution in [0, 0.1) is 25.8 Å². The molecule has 0 bridgehead atoms. The van der Waals surface area contributed by atoms with Crippen molar-refractivity contribution in [2.45, 2.75) is 53.2 Å². The molecule has 0 spiro atoms. The van der Waals surface area contributed by atoms with Crippen molar-refractivity contribution in [2.24, 2.45) is 0 Å². The zero-order chi connectivity index (χ0) is 48.2. The van der Waals surface area contributed by atoms with Crippen LogP contribution in [-0.4, -0.2) is 19.5 Å². The van der Waals surface area contributed by atoms with Crippen molar-refractivity contribution in [1.29, 1.82) is 0 Å². The van der Waals surface area contributed by atoms with Gasteiger partial charge < -0.3 is 18.4 Å². The minimum absolute atomic E-state index is 0. The van der Waals surface area contributed by atoms with Crippen LogP contribution in [0.3, 0.4) is 0 Å². The first-order valence-electron chi connectivity index (χ1n) is 24.1. The molecular formula is C57H46IrN4O2-2. The number of rotatable bonds is 7. The summed E-state index contributed by atoms with van der Waals surface area (Å²) in [6.07, 6.45) is 1.30. The summed E-state index contributed by atoms with van der Waals surface area (Å²) in [5.41, 5.74) is 14.4. The average Bonchev–Trinajstić information content (AvgIpc) is 4.06.